The van der Waals surface area contributed by atoms with E-state index >= 15 is 0 Å². The van der Waals surface area contributed by atoms with Crippen molar-refractivity contribution in [3.8, 4) is 0 Å². The summed E-state index contributed by atoms with van der Waals surface area (Å²) in [6.07, 6.45) is 1.10. The first-order chi connectivity index (χ1) is 15.7. The van der Waals surface area contributed by atoms with Gasteiger partial charge in [0.05, 0.1) is 23.9 Å². The summed E-state index contributed by atoms with van der Waals surface area (Å²) in [5.74, 6) is -0.999. The number of amides is 2. The number of carbonyl (C=O) groups is 3. The number of ether oxygens (including phenoxy) is 2. The SMILES string of the molecule is CCOC(=O)C1=C(COC(=O)[C@@H]2CCCN2C2=NS(=O)(=O)c3ccccc32)NC(=O)NC1C. The monoisotopic (exact) mass is 476 g/mol. The Bertz CT molecular complexity index is 1170. The molecule has 0 bridgehead atoms. The number of hydrogen-bond acceptors (Lipinski definition) is 8. The second kappa shape index (κ2) is 8.85. The van der Waals surface area contributed by atoms with Crippen LogP contribution >= 0.6 is 0 Å². The van der Waals surface area contributed by atoms with Crippen LogP contribution in [0.4, 0.5) is 4.79 Å². The van der Waals surface area contributed by atoms with Gasteiger partial charge in [-0.1, -0.05) is 12.1 Å². The van der Waals surface area contributed by atoms with E-state index in [2.05, 4.69) is 15.0 Å². The Balaban J connectivity index is 1.53. The lowest BCUT2D eigenvalue weighted by atomic mass is 10.0. The minimum atomic E-state index is -3.82. The maximum Gasteiger partial charge on any atom is 0.338 e. The van der Waals surface area contributed by atoms with E-state index in [1.807, 2.05) is 0 Å². The molecule has 11 nitrogen and oxygen atoms in total. The summed E-state index contributed by atoms with van der Waals surface area (Å²) < 4.78 is 39.2. The minimum Gasteiger partial charge on any atom is -0.463 e. The molecular weight excluding hydrogens is 452 g/mol. The van der Waals surface area contributed by atoms with Crippen LogP contribution in [0.3, 0.4) is 0 Å². The number of fused-ring (bicyclic) bond motifs is 1. The highest BCUT2D eigenvalue weighted by molar-refractivity contribution is 7.90. The highest BCUT2D eigenvalue weighted by atomic mass is 32.2. The average molecular weight is 477 g/mol. The molecule has 0 saturated carbocycles. The molecule has 0 radical (unpaired) electrons. The van der Waals surface area contributed by atoms with Gasteiger partial charge in [-0.15, -0.1) is 4.40 Å². The minimum absolute atomic E-state index is 0.106. The normalized spacial score (nSPS) is 23.4. The number of nitrogens with one attached hydrogen (secondary N) is 2. The molecule has 12 heteroatoms. The van der Waals surface area contributed by atoms with Crippen LogP contribution in [0.25, 0.3) is 0 Å². The highest BCUT2D eigenvalue weighted by Crippen LogP contribution is 2.31. The van der Waals surface area contributed by atoms with Gasteiger partial charge in [0.2, 0.25) is 0 Å². The molecule has 3 aliphatic rings. The number of carbonyl (C=O) groups excluding carboxylic acids is 3. The molecule has 2 atom stereocenters. The third-order valence-electron chi connectivity index (χ3n) is 5.63. The van der Waals surface area contributed by atoms with Gasteiger partial charge in [0.25, 0.3) is 10.0 Å². The fourth-order valence-electron chi connectivity index (χ4n) is 4.19. The molecular formula is C21H24N4O7S. The summed E-state index contributed by atoms with van der Waals surface area (Å²) in [6, 6.07) is 4.58. The predicted molar refractivity (Wildman–Crippen MR) is 116 cm³/mol. The average Bonchev–Trinajstić information content (AvgIpc) is 3.34. The van der Waals surface area contributed by atoms with Crippen molar-refractivity contribution in [2.24, 2.45) is 4.40 Å². The first-order valence-electron chi connectivity index (χ1n) is 10.6. The Morgan fingerprint density at radius 3 is 2.76 bits per heavy atom. The standard InChI is InChI=1S/C21H24N4O7S/c1-3-31-20(27)17-12(2)22-21(28)23-14(17)11-32-19(26)15-8-6-10-25(15)18-13-7-4-5-9-16(13)33(29,30)24-18/h4-5,7,9,12,15H,3,6,8,10-11H2,1-2H3,(H2,22,23,28)/t12?,15-/m0/s1. The van der Waals surface area contributed by atoms with Crippen LogP contribution in [-0.4, -0.2) is 69.0 Å². The number of likely N-dealkylation sites (tertiary alicyclic amines) is 1. The van der Waals surface area contributed by atoms with Gasteiger partial charge >= 0.3 is 18.0 Å². The molecule has 3 aliphatic heterocycles. The maximum absolute atomic E-state index is 13.0. The molecule has 33 heavy (non-hydrogen) atoms. The molecule has 0 aliphatic carbocycles. The van der Waals surface area contributed by atoms with Crippen LogP contribution in [0.2, 0.25) is 0 Å². The molecule has 3 heterocycles. The van der Waals surface area contributed by atoms with Crippen LogP contribution in [-0.2, 0) is 29.1 Å². The highest BCUT2D eigenvalue weighted by Gasteiger charge is 2.40. The molecule has 1 unspecified atom stereocenters. The van der Waals surface area contributed by atoms with Gasteiger partial charge in [-0.2, -0.15) is 8.42 Å². The van der Waals surface area contributed by atoms with E-state index in [0.29, 0.717) is 24.9 Å². The molecule has 2 N–H and O–H groups in total. The van der Waals surface area contributed by atoms with E-state index < -0.39 is 40.1 Å². The molecule has 1 fully saturated rings. The molecule has 0 spiro atoms. The van der Waals surface area contributed by atoms with Crippen LogP contribution in [0, 0.1) is 0 Å². The third-order valence-corrected chi connectivity index (χ3v) is 6.96. The van der Waals surface area contributed by atoms with Gasteiger partial charge < -0.3 is 25.0 Å². The van der Waals surface area contributed by atoms with E-state index in [-0.39, 0.29) is 35.2 Å². The molecule has 1 saturated heterocycles. The summed E-state index contributed by atoms with van der Waals surface area (Å²) in [4.78, 5) is 38.9. The first kappa shape index (κ1) is 22.8. The fourth-order valence-corrected chi connectivity index (χ4v) is 5.41. The third kappa shape index (κ3) is 4.30. The van der Waals surface area contributed by atoms with Crippen molar-refractivity contribution in [3.05, 3.63) is 41.1 Å². The van der Waals surface area contributed by atoms with Crippen molar-refractivity contribution < 1.29 is 32.3 Å². The number of sulfonamides is 1. The number of urea groups is 1. The van der Waals surface area contributed by atoms with Crippen molar-refractivity contribution in [1.29, 1.82) is 0 Å². The number of amidine groups is 1. The van der Waals surface area contributed by atoms with Crippen molar-refractivity contribution in [3.63, 3.8) is 0 Å². The first-order valence-corrected chi connectivity index (χ1v) is 12.0. The molecule has 4 rings (SSSR count). The quantitative estimate of drug-likeness (QED) is 0.590. The summed E-state index contributed by atoms with van der Waals surface area (Å²) in [7, 11) is -3.82. The number of hydrogen-bond donors (Lipinski definition) is 2. The summed E-state index contributed by atoms with van der Waals surface area (Å²) in [6.45, 7) is 3.55. The van der Waals surface area contributed by atoms with E-state index in [1.54, 1.807) is 36.9 Å². The predicted octanol–water partition coefficient (Wildman–Crippen LogP) is 0.662. The van der Waals surface area contributed by atoms with Gasteiger partial charge in [-0.3, -0.25) is 0 Å². The number of nitrogens with zero attached hydrogens (tertiary/aromatic N) is 2. The van der Waals surface area contributed by atoms with Crippen molar-refractivity contribution in [2.45, 2.75) is 43.7 Å². The zero-order valence-electron chi connectivity index (χ0n) is 18.2. The Kier molecular flexibility index (Phi) is 6.11. The van der Waals surface area contributed by atoms with Crippen molar-refractivity contribution in [2.75, 3.05) is 19.8 Å². The summed E-state index contributed by atoms with van der Waals surface area (Å²) in [5, 5.41) is 5.08. The van der Waals surface area contributed by atoms with Crippen LogP contribution in [0.5, 0.6) is 0 Å². The Morgan fingerprint density at radius 2 is 2.00 bits per heavy atom. The van der Waals surface area contributed by atoms with Crippen LogP contribution in [0.15, 0.2) is 44.8 Å². The van der Waals surface area contributed by atoms with Crippen molar-refractivity contribution >= 4 is 33.8 Å². The van der Waals surface area contributed by atoms with E-state index in [0.717, 1.165) is 0 Å². The maximum atomic E-state index is 13.0. The zero-order chi connectivity index (χ0) is 23.8. The fraction of sp³-hybridized carbons (Fsp3) is 0.429. The van der Waals surface area contributed by atoms with Crippen LogP contribution in [0.1, 0.15) is 32.3 Å². The van der Waals surface area contributed by atoms with E-state index in [4.69, 9.17) is 9.47 Å². The van der Waals surface area contributed by atoms with Gasteiger partial charge in [-0.25, -0.2) is 14.4 Å². The number of rotatable bonds is 5. The van der Waals surface area contributed by atoms with Crippen LogP contribution < -0.4 is 10.6 Å². The van der Waals surface area contributed by atoms with Gasteiger partial charge in [0.15, 0.2) is 5.84 Å². The smallest absolute Gasteiger partial charge is 0.338 e. The Hall–Kier alpha value is -3.41. The van der Waals surface area contributed by atoms with Gasteiger partial charge in [0.1, 0.15) is 17.5 Å². The second-order valence-corrected chi connectivity index (χ2v) is 9.35. The number of esters is 2. The second-order valence-electron chi connectivity index (χ2n) is 7.78. The lowest BCUT2D eigenvalue weighted by molar-refractivity contribution is -0.147. The summed E-state index contributed by atoms with van der Waals surface area (Å²) in [5.41, 5.74) is 0.769. The largest absolute Gasteiger partial charge is 0.463 e. The molecule has 176 valence electrons. The molecule has 1 aromatic rings. The Morgan fingerprint density at radius 1 is 1.24 bits per heavy atom. The van der Waals surface area contributed by atoms with Gasteiger partial charge in [0, 0.05) is 12.1 Å². The molecule has 0 aromatic heterocycles. The lowest BCUT2D eigenvalue weighted by Crippen LogP contribution is -2.50. The van der Waals surface area contributed by atoms with Gasteiger partial charge in [-0.05, 0) is 38.8 Å². The topological polar surface area (TPSA) is 143 Å². The lowest BCUT2D eigenvalue weighted by Gasteiger charge is -2.28. The zero-order valence-corrected chi connectivity index (χ0v) is 19.0. The van der Waals surface area contributed by atoms with Crippen molar-refractivity contribution in [1.82, 2.24) is 15.5 Å². The molecule has 2 amide bonds. The van der Waals surface area contributed by atoms with E-state index in [1.165, 1.54) is 6.07 Å². The number of benzene rings is 1. The van der Waals surface area contributed by atoms with E-state index in [9.17, 15) is 22.8 Å². The summed E-state index contributed by atoms with van der Waals surface area (Å²) >= 11 is 0. The molecule has 1 aromatic carbocycles. The Labute approximate surface area is 190 Å².